The maximum absolute atomic E-state index is 2.36. The van der Waals surface area contributed by atoms with Crippen LogP contribution < -0.4 is 4.90 Å². The van der Waals surface area contributed by atoms with Crippen molar-refractivity contribution in [2.75, 3.05) is 11.9 Å². The molecule has 0 aliphatic heterocycles. The highest BCUT2D eigenvalue weighted by atomic mass is 15.1. The van der Waals surface area contributed by atoms with Crippen LogP contribution in [-0.2, 0) is 0 Å². The molecule has 112 valence electrons. The normalized spacial score (nSPS) is 11.2. The Kier molecular flexibility index (Phi) is 4.72. The van der Waals surface area contributed by atoms with Gasteiger partial charge in [-0.15, -0.1) is 0 Å². The molecule has 0 aliphatic rings. The number of hydrogen-bond acceptors (Lipinski definition) is 1. The van der Waals surface area contributed by atoms with Crippen molar-refractivity contribution in [1.29, 1.82) is 0 Å². The van der Waals surface area contributed by atoms with Gasteiger partial charge in [-0.3, -0.25) is 0 Å². The van der Waals surface area contributed by atoms with E-state index in [0.717, 1.165) is 0 Å². The lowest BCUT2D eigenvalue weighted by Crippen LogP contribution is -2.16. The van der Waals surface area contributed by atoms with Gasteiger partial charge < -0.3 is 4.90 Å². The SMILES string of the molecule is Cc1ccccc1N(C)c1c(C(C)C)cccc1C(C)C. The fourth-order valence-corrected chi connectivity index (χ4v) is 2.96. The van der Waals surface area contributed by atoms with E-state index in [1.54, 1.807) is 0 Å². The van der Waals surface area contributed by atoms with Gasteiger partial charge in [-0.1, -0.05) is 64.1 Å². The second-order valence-corrected chi connectivity index (χ2v) is 6.44. The summed E-state index contributed by atoms with van der Waals surface area (Å²) in [7, 11) is 2.19. The van der Waals surface area contributed by atoms with E-state index in [4.69, 9.17) is 0 Å². The van der Waals surface area contributed by atoms with Gasteiger partial charge in [0.1, 0.15) is 0 Å². The van der Waals surface area contributed by atoms with Crippen LogP contribution in [-0.4, -0.2) is 7.05 Å². The van der Waals surface area contributed by atoms with E-state index < -0.39 is 0 Å². The molecule has 2 aromatic carbocycles. The molecule has 0 aliphatic carbocycles. The standard InChI is InChI=1S/C20H27N/c1-14(2)17-11-9-12-18(15(3)4)20(17)21(6)19-13-8-7-10-16(19)5/h7-15H,1-6H3. The Morgan fingerprint density at radius 3 is 1.76 bits per heavy atom. The number of rotatable bonds is 4. The van der Waals surface area contributed by atoms with Crippen molar-refractivity contribution in [3.05, 3.63) is 59.2 Å². The van der Waals surface area contributed by atoms with Crippen molar-refractivity contribution in [1.82, 2.24) is 0 Å². The zero-order valence-electron chi connectivity index (χ0n) is 14.1. The Morgan fingerprint density at radius 1 is 0.762 bits per heavy atom. The fourth-order valence-electron chi connectivity index (χ4n) is 2.96. The molecule has 0 fully saturated rings. The predicted molar refractivity (Wildman–Crippen MR) is 93.9 cm³/mol. The van der Waals surface area contributed by atoms with Crippen LogP contribution >= 0.6 is 0 Å². The molecule has 0 heterocycles. The Labute approximate surface area is 129 Å². The van der Waals surface area contributed by atoms with Crippen LogP contribution in [0.5, 0.6) is 0 Å². The largest absolute Gasteiger partial charge is 0.344 e. The van der Waals surface area contributed by atoms with Crippen molar-refractivity contribution >= 4 is 11.4 Å². The summed E-state index contributed by atoms with van der Waals surface area (Å²) in [4.78, 5) is 2.36. The van der Waals surface area contributed by atoms with Gasteiger partial charge in [0.25, 0.3) is 0 Å². The van der Waals surface area contributed by atoms with Crippen LogP contribution in [0.3, 0.4) is 0 Å². The zero-order chi connectivity index (χ0) is 15.6. The average molecular weight is 281 g/mol. The minimum atomic E-state index is 0.519. The van der Waals surface area contributed by atoms with Crippen molar-refractivity contribution in [3.8, 4) is 0 Å². The van der Waals surface area contributed by atoms with Crippen LogP contribution in [0.1, 0.15) is 56.2 Å². The molecule has 0 radical (unpaired) electrons. The zero-order valence-corrected chi connectivity index (χ0v) is 14.1. The smallest absolute Gasteiger partial charge is 0.0478 e. The van der Waals surface area contributed by atoms with Gasteiger partial charge >= 0.3 is 0 Å². The van der Waals surface area contributed by atoms with Gasteiger partial charge in [0.2, 0.25) is 0 Å². The molecular weight excluding hydrogens is 254 g/mol. The first-order valence-electron chi connectivity index (χ1n) is 7.85. The summed E-state index contributed by atoms with van der Waals surface area (Å²) < 4.78 is 0. The predicted octanol–water partition coefficient (Wildman–Crippen LogP) is 6.01. The van der Waals surface area contributed by atoms with Gasteiger partial charge in [-0.25, -0.2) is 0 Å². The molecule has 0 amide bonds. The van der Waals surface area contributed by atoms with Crippen molar-refractivity contribution in [2.45, 2.75) is 46.5 Å². The summed E-state index contributed by atoms with van der Waals surface area (Å²) in [5.41, 5.74) is 6.82. The third-order valence-corrected chi connectivity index (χ3v) is 4.15. The van der Waals surface area contributed by atoms with Crippen LogP contribution in [0, 0.1) is 6.92 Å². The van der Waals surface area contributed by atoms with E-state index in [0.29, 0.717) is 11.8 Å². The Balaban J connectivity index is 2.63. The van der Waals surface area contributed by atoms with Gasteiger partial charge in [0.05, 0.1) is 0 Å². The summed E-state index contributed by atoms with van der Waals surface area (Å²) in [5.74, 6) is 1.04. The summed E-state index contributed by atoms with van der Waals surface area (Å²) >= 11 is 0. The molecule has 0 unspecified atom stereocenters. The van der Waals surface area contributed by atoms with Gasteiger partial charge in [0, 0.05) is 18.4 Å². The third-order valence-electron chi connectivity index (χ3n) is 4.15. The Morgan fingerprint density at radius 2 is 1.29 bits per heavy atom. The number of hydrogen-bond donors (Lipinski definition) is 0. The highest BCUT2D eigenvalue weighted by Gasteiger charge is 2.18. The molecule has 0 saturated heterocycles. The molecule has 1 heteroatoms. The molecule has 0 spiro atoms. The molecule has 0 aromatic heterocycles. The van der Waals surface area contributed by atoms with E-state index >= 15 is 0 Å². The van der Waals surface area contributed by atoms with Crippen LogP contribution in [0.25, 0.3) is 0 Å². The number of anilines is 2. The lowest BCUT2D eigenvalue weighted by atomic mass is 9.91. The molecular formula is C20H27N. The van der Waals surface area contributed by atoms with E-state index in [9.17, 15) is 0 Å². The molecule has 0 bridgehead atoms. The molecule has 0 atom stereocenters. The quantitative estimate of drug-likeness (QED) is 0.663. The molecule has 0 N–H and O–H groups in total. The Hall–Kier alpha value is -1.76. The van der Waals surface area contributed by atoms with Crippen LogP contribution in [0.4, 0.5) is 11.4 Å². The van der Waals surface area contributed by atoms with Crippen molar-refractivity contribution in [2.24, 2.45) is 0 Å². The minimum absolute atomic E-state index is 0.519. The summed E-state index contributed by atoms with van der Waals surface area (Å²) in [5, 5.41) is 0. The first-order chi connectivity index (χ1) is 9.93. The monoisotopic (exact) mass is 281 g/mol. The summed E-state index contributed by atoms with van der Waals surface area (Å²) in [6.45, 7) is 11.3. The van der Waals surface area contributed by atoms with Crippen LogP contribution in [0.2, 0.25) is 0 Å². The first-order valence-corrected chi connectivity index (χ1v) is 7.85. The lowest BCUT2D eigenvalue weighted by molar-refractivity contribution is 0.827. The van der Waals surface area contributed by atoms with Gasteiger partial charge in [-0.2, -0.15) is 0 Å². The first kappa shape index (κ1) is 15.6. The van der Waals surface area contributed by atoms with Crippen molar-refractivity contribution < 1.29 is 0 Å². The topological polar surface area (TPSA) is 3.24 Å². The average Bonchev–Trinajstić information content (AvgIpc) is 2.46. The molecule has 2 rings (SSSR count). The number of nitrogens with zero attached hydrogens (tertiary/aromatic N) is 1. The highest BCUT2D eigenvalue weighted by Crippen LogP contribution is 2.38. The van der Waals surface area contributed by atoms with E-state index in [1.807, 2.05) is 0 Å². The number of aryl methyl sites for hydroxylation is 1. The fraction of sp³-hybridized carbons (Fsp3) is 0.400. The Bertz CT molecular complexity index is 585. The minimum Gasteiger partial charge on any atom is -0.344 e. The molecule has 0 saturated carbocycles. The van der Waals surface area contributed by atoms with E-state index in [1.165, 1.54) is 28.1 Å². The third kappa shape index (κ3) is 3.12. The second-order valence-electron chi connectivity index (χ2n) is 6.44. The molecule has 21 heavy (non-hydrogen) atoms. The highest BCUT2D eigenvalue weighted by molar-refractivity contribution is 5.72. The van der Waals surface area contributed by atoms with Crippen molar-refractivity contribution in [3.63, 3.8) is 0 Å². The lowest BCUT2D eigenvalue weighted by Gasteiger charge is -2.29. The molecule has 2 aromatic rings. The second kappa shape index (κ2) is 6.34. The molecule has 1 nitrogen and oxygen atoms in total. The van der Waals surface area contributed by atoms with E-state index in [2.05, 4.69) is 89.0 Å². The van der Waals surface area contributed by atoms with Crippen LogP contribution in [0.15, 0.2) is 42.5 Å². The summed E-state index contributed by atoms with van der Waals surface area (Å²) in [6.07, 6.45) is 0. The number of benzene rings is 2. The number of para-hydroxylation sites is 2. The maximum Gasteiger partial charge on any atom is 0.0478 e. The van der Waals surface area contributed by atoms with Gasteiger partial charge in [0.15, 0.2) is 0 Å². The van der Waals surface area contributed by atoms with Gasteiger partial charge in [-0.05, 0) is 41.5 Å². The van der Waals surface area contributed by atoms with E-state index in [-0.39, 0.29) is 0 Å². The maximum atomic E-state index is 2.36. The summed E-state index contributed by atoms with van der Waals surface area (Å²) in [6, 6.07) is 15.3.